The lowest BCUT2D eigenvalue weighted by Gasteiger charge is -2.14. The van der Waals surface area contributed by atoms with Gasteiger partial charge in [-0.15, -0.1) is 0 Å². The summed E-state index contributed by atoms with van der Waals surface area (Å²) >= 11 is 0. The molecule has 6 heteroatoms. The van der Waals surface area contributed by atoms with Crippen LogP contribution in [-0.2, 0) is 0 Å². The van der Waals surface area contributed by atoms with Crippen molar-refractivity contribution in [3.8, 4) is 11.5 Å². The number of pyridine rings is 1. The van der Waals surface area contributed by atoms with Gasteiger partial charge < -0.3 is 20.1 Å². The summed E-state index contributed by atoms with van der Waals surface area (Å²) in [5.74, 6) is 1.09. The topological polar surface area (TPSA) is 72.5 Å². The second-order valence-electron chi connectivity index (χ2n) is 6.41. The number of nitrogens with one attached hydrogen (secondary N) is 2. The predicted molar refractivity (Wildman–Crippen MR) is 111 cm³/mol. The Kier molecular flexibility index (Phi) is 6.11. The highest BCUT2D eigenvalue weighted by atomic mass is 16.5. The molecule has 0 fully saturated rings. The number of methoxy groups -OCH3 is 1. The standard InChI is InChI=1S/C22H23N3O3/c1-15(2)28-21-10-5-4-9-19(21)25-22(26)20-12-11-17(14-23-20)24-16-7-6-8-18(13-16)27-3/h4-15,24H,1-3H3,(H,25,26). The van der Waals surface area contributed by atoms with E-state index in [9.17, 15) is 4.79 Å². The molecule has 28 heavy (non-hydrogen) atoms. The van der Waals surface area contributed by atoms with Crippen LogP contribution in [0.1, 0.15) is 24.3 Å². The first-order valence-electron chi connectivity index (χ1n) is 8.99. The van der Waals surface area contributed by atoms with Crippen LogP contribution in [0.2, 0.25) is 0 Å². The fraction of sp³-hybridized carbons (Fsp3) is 0.182. The van der Waals surface area contributed by atoms with Gasteiger partial charge in [-0.3, -0.25) is 4.79 Å². The van der Waals surface area contributed by atoms with Gasteiger partial charge in [0.05, 0.1) is 30.8 Å². The SMILES string of the molecule is COc1cccc(Nc2ccc(C(=O)Nc3ccccc3OC(C)C)nc2)c1. The zero-order valence-electron chi connectivity index (χ0n) is 16.1. The number of amides is 1. The molecule has 144 valence electrons. The van der Waals surface area contributed by atoms with Gasteiger partial charge in [0.2, 0.25) is 0 Å². The number of hydrogen-bond donors (Lipinski definition) is 2. The molecule has 0 aliphatic carbocycles. The van der Waals surface area contributed by atoms with Gasteiger partial charge in [0, 0.05) is 11.8 Å². The number of nitrogens with zero attached hydrogens (tertiary/aromatic N) is 1. The van der Waals surface area contributed by atoms with Gasteiger partial charge in [0.15, 0.2) is 0 Å². The first-order valence-corrected chi connectivity index (χ1v) is 8.99. The molecule has 1 amide bonds. The molecule has 0 atom stereocenters. The van der Waals surface area contributed by atoms with E-state index in [0.717, 1.165) is 17.1 Å². The Balaban J connectivity index is 1.69. The van der Waals surface area contributed by atoms with Crippen molar-refractivity contribution in [2.24, 2.45) is 0 Å². The summed E-state index contributed by atoms with van der Waals surface area (Å²) in [6, 6.07) is 18.4. The Labute approximate surface area is 164 Å². The molecule has 2 aromatic carbocycles. The number of benzene rings is 2. The maximum absolute atomic E-state index is 12.5. The highest BCUT2D eigenvalue weighted by molar-refractivity contribution is 6.03. The third-order valence-electron chi connectivity index (χ3n) is 3.85. The van der Waals surface area contributed by atoms with E-state index in [4.69, 9.17) is 9.47 Å². The lowest BCUT2D eigenvalue weighted by Crippen LogP contribution is -2.15. The Hall–Kier alpha value is -3.54. The van der Waals surface area contributed by atoms with Crippen LogP contribution >= 0.6 is 0 Å². The van der Waals surface area contributed by atoms with Crippen LogP contribution in [0.3, 0.4) is 0 Å². The molecule has 3 aromatic rings. The van der Waals surface area contributed by atoms with Crippen LogP contribution in [0.5, 0.6) is 11.5 Å². The Morgan fingerprint density at radius 3 is 2.54 bits per heavy atom. The Morgan fingerprint density at radius 2 is 1.82 bits per heavy atom. The van der Waals surface area contributed by atoms with Gasteiger partial charge in [0.25, 0.3) is 5.91 Å². The fourth-order valence-corrected chi connectivity index (χ4v) is 2.58. The van der Waals surface area contributed by atoms with E-state index >= 15 is 0 Å². The number of carbonyl (C=O) groups excluding carboxylic acids is 1. The van der Waals surface area contributed by atoms with E-state index in [1.165, 1.54) is 0 Å². The van der Waals surface area contributed by atoms with E-state index in [1.54, 1.807) is 31.5 Å². The lowest BCUT2D eigenvalue weighted by molar-refractivity contribution is 0.102. The molecule has 2 N–H and O–H groups in total. The van der Waals surface area contributed by atoms with Crippen LogP contribution in [-0.4, -0.2) is 24.1 Å². The summed E-state index contributed by atoms with van der Waals surface area (Å²) in [6.07, 6.45) is 1.63. The van der Waals surface area contributed by atoms with E-state index < -0.39 is 0 Å². The summed E-state index contributed by atoms with van der Waals surface area (Å²) in [7, 11) is 1.62. The van der Waals surface area contributed by atoms with Crippen LogP contribution in [0.4, 0.5) is 17.1 Å². The second-order valence-corrected chi connectivity index (χ2v) is 6.41. The number of carbonyl (C=O) groups is 1. The summed E-state index contributed by atoms with van der Waals surface area (Å²) in [5.41, 5.74) is 2.57. The molecule has 0 saturated heterocycles. The van der Waals surface area contributed by atoms with E-state index in [2.05, 4.69) is 15.6 Å². The number of rotatable bonds is 7. The molecule has 1 aromatic heterocycles. The van der Waals surface area contributed by atoms with Gasteiger partial charge >= 0.3 is 0 Å². The number of para-hydroxylation sites is 2. The Morgan fingerprint density at radius 1 is 1.00 bits per heavy atom. The van der Waals surface area contributed by atoms with E-state index in [1.807, 2.05) is 56.3 Å². The van der Waals surface area contributed by atoms with Crippen molar-refractivity contribution >= 4 is 23.0 Å². The molecule has 0 aliphatic rings. The van der Waals surface area contributed by atoms with Crippen LogP contribution in [0.25, 0.3) is 0 Å². The summed E-state index contributed by atoms with van der Waals surface area (Å²) < 4.78 is 10.9. The highest BCUT2D eigenvalue weighted by Gasteiger charge is 2.12. The van der Waals surface area contributed by atoms with Crippen molar-refractivity contribution in [3.63, 3.8) is 0 Å². The van der Waals surface area contributed by atoms with E-state index in [0.29, 0.717) is 17.1 Å². The number of aromatic nitrogens is 1. The maximum Gasteiger partial charge on any atom is 0.274 e. The van der Waals surface area contributed by atoms with E-state index in [-0.39, 0.29) is 12.0 Å². The van der Waals surface area contributed by atoms with Crippen molar-refractivity contribution in [1.82, 2.24) is 4.98 Å². The average molecular weight is 377 g/mol. The van der Waals surface area contributed by atoms with Crippen LogP contribution in [0.15, 0.2) is 66.9 Å². The molecule has 0 spiro atoms. The highest BCUT2D eigenvalue weighted by Crippen LogP contribution is 2.25. The van der Waals surface area contributed by atoms with Gasteiger partial charge in [0.1, 0.15) is 17.2 Å². The van der Waals surface area contributed by atoms with Crippen molar-refractivity contribution in [2.45, 2.75) is 20.0 Å². The zero-order chi connectivity index (χ0) is 19.9. The normalized spacial score (nSPS) is 10.4. The number of anilines is 3. The van der Waals surface area contributed by atoms with Crippen molar-refractivity contribution in [3.05, 3.63) is 72.6 Å². The summed E-state index contributed by atoms with van der Waals surface area (Å²) in [4.78, 5) is 16.8. The van der Waals surface area contributed by atoms with Crippen LogP contribution < -0.4 is 20.1 Å². The molecular formula is C22H23N3O3. The smallest absolute Gasteiger partial charge is 0.274 e. The number of ether oxygens (including phenoxy) is 2. The molecule has 0 saturated carbocycles. The second kappa shape index (κ2) is 8.90. The van der Waals surface area contributed by atoms with Gasteiger partial charge in [-0.25, -0.2) is 4.98 Å². The third kappa shape index (κ3) is 5.01. The minimum Gasteiger partial charge on any atom is -0.497 e. The zero-order valence-corrected chi connectivity index (χ0v) is 16.1. The minimum atomic E-state index is -0.298. The van der Waals surface area contributed by atoms with Crippen molar-refractivity contribution < 1.29 is 14.3 Å². The molecule has 6 nitrogen and oxygen atoms in total. The first-order chi connectivity index (χ1) is 13.5. The maximum atomic E-state index is 12.5. The van der Waals surface area contributed by atoms with Gasteiger partial charge in [-0.2, -0.15) is 0 Å². The van der Waals surface area contributed by atoms with Crippen LogP contribution in [0, 0.1) is 0 Å². The molecular weight excluding hydrogens is 354 g/mol. The molecule has 0 aliphatic heterocycles. The average Bonchev–Trinajstić information content (AvgIpc) is 2.70. The minimum absolute atomic E-state index is 0.0122. The molecule has 0 radical (unpaired) electrons. The van der Waals surface area contributed by atoms with Gasteiger partial charge in [-0.05, 0) is 50.2 Å². The molecule has 3 rings (SSSR count). The summed E-state index contributed by atoms with van der Waals surface area (Å²) in [5, 5.41) is 6.08. The predicted octanol–water partition coefficient (Wildman–Crippen LogP) is 4.87. The molecule has 0 unspecified atom stereocenters. The summed E-state index contributed by atoms with van der Waals surface area (Å²) in [6.45, 7) is 3.88. The molecule has 0 bridgehead atoms. The monoisotopic (exact) mass is 377 g/mol. The fourth-order valence-electron chi connectivity index (χ4n) is 2.58. The Bertz CT molecular complexity index is 940. The third-order valence-corrected chi connectivity index (χ3v) is 3.85. The number of hydrogen-bond acceptors (Lipinski definition) is 5. The lowest BCUT2D eigenvalue weighted by atomic mass is 10.2. The molecule has 1 heterocycles. The van der Waals surface area contributed by atoms with Crippen molar-refractivity contribution in [1.29, 1.82) is 0 Å². The first kappa shape index (κ1) is 19.2. The van der Waals surface area contributed by atoms with Crippen molar-refractivity contribution in [2.75, 3.05) is 17.7 Å². The largest absolute Gasteiger partial charge is 0.497 e. The van der Waals surface area contributed by atoms with Gasteiger partial charge in [-0.1, -0.05) is 18.2 Å². The quantitative estimate of drug-likeness (QED) is 0.614.